The third-order valence-corrected chi connectivity index (χ3v) is 3.39. The van der Waals surface area contributed by atoms with E-state index in [2.05, 4.69) is 6.92 Å². The molecule has 0 unspecified atom stereocenters. The van der Waals surface area contributed by atoms with Crippen molar-refractivity contribution < 1.29 is 9.90 Å². The van der Waals surface area contributed by atoms with Gasteiger partial charge in [-0.25, -0.2) is 0 Å². The van der Waals surface area contributed by atoms with Gasteiger partial charge in [-0.05, 0) is 32.1 Å². The van der Waals surface area contributed by atoms with Gasteiger partial charge in [0.05, 0.1) is 5.41 Å². The second-order valence-corrected chi connectivity index (χ2v) is 5.06. The van der Waals surface area contributed by atoms with E-state index in [1.807, 2.05) is 13.8 Å². The molecular weight excluding hydrogens is 164 g/mol. The lowest BCUT2D eigenvalue weighted by Crippen LogP contribution is -2.27. The molecule has 0 aliphatic heterocycles. The predicted octanol–water partition coefficient (Wildman–Crippen LogP) is 2.92. The highest BCUT2D eigenvalue weighted by molar-refractivity contribution is 5.73. The molecule has 13 heavy (non-hydrogen) atoms. The van der Waals surface area contributed by atoms with Crippen molar-refractivity contribution in [3.8, 4) is 0 Å². The molecule has 1 fully saturated rings. The number of carboxylic acids is 1. The molecule has 1 saturated carbocycles. The highest BCUT2D eigenvalue weighted by Crippen LogP contribution is 2.39. The molecule has 0 bridgehead atoms. The number of rotatable bonds is 3. The summed E-state index contributed by atoms with van der Waals surface area (Å²) in [5.41, 5.74) is -0.538. The number of aliphatic carboxylic acids is 1. The van der Waals surface area contributed by atoms with E-state index >= 15 is 0 Å². The molecule has 0 aromatic rings. The van der Waals surface area contributed by atoms with Crippen molar-refractivity contribution in [3.05, 3.63) is 0 Å². The van der Waals surface area contributed by atoms with E-state index in [9.17, 15) is 4.79 Å². The zero-order valence-electron chi connectivity index (χ0n) is 8.84. The first-order valence-electron chi connectivity index (χ1n) is 5.17. The van der Waals surface area contributed by atoms with Crippen LogP contribution in [0, 0.1) is 17.3 Å². The molecule has 76 valence electrons. The molecular formula is C11H20O2. The van der Waals surface area contributed by atoms with Crippen molar-refractivity contribution in [1.82, 2.24) is 0 Å². The Morgan fingerprint density at radius 2 is 2.08 bits per heavy atom. The lowest BCUT2D eigenvalue weighted by molar-refractivity contribution is -0.148. The van der Waals surface area contributed by atoms with Crippen LogP contribution < -0.4 is 0 Å². The summed E-state index contributed by atoms with van der Waals surface area (Å²) in [6.07, 6.45) is 4.61. The molecule has 2 nitrogen and oxygen atoms in total. The van der Waals surface area contributed by atoms with Gasteiger partial charge in [0.2, 0.25) is 0 Å². The molecule has 1 aliphatic rings. The minimum absolute atomic E-state index is 0.538. The summed E-state index contributed by atoms with van der Waals surface area (Å²) < 4.78 is 0. The Bertz CT molecular complexity index is 196. The van der Waals surface area contributed by atoms with Crippen molar-refractivity contribution in [2.45, 2.75) is 46.5 Å². The van der Waals surface area contributed by atoms with E-state index in [0.717, 1.165) is 12.3 Å². The molecule has 0 heterocycles. The highest BCUT2D eigenvalue weighted by Gasteiger charge is 2.34. The van der Waals surface area contributed by atoms with Crippen LogP contribution in [-0.4, -0.2) is 11.1 Å². The van der Waals surface area contributed by atoms with Crippen LogP contribution in [0.3, 0.4) is 0 Å². The number of carboxylic acid groups (broad SMARTS) is 1. The van der Waals surface area contributed by atoms with Crippen LogP contribution >= 0.6 is 0 Å². The van der Waals surface area contributed by atoms with Gasteiger partial charge in [-0.3, -0.25) is 4.79 Å². The molecule has 0 spiro atoms. The van der Waals surface area contributed by atoms with Gasteiger partial charge in [0.25, 0.3) is 0 Å². The van der Waals surface area contributed by atoms with Crippen molar-refractivity contribution in [2.24, 2.45) is 17.3 Å². The van der Waals surface area contributed by atoms with Gasteiger partial charge < -0.3 is 5.11 Å². The maximum atomic E-state index is 10.9. The number of hydrogen-bond acceptors (Lipinski definition) is 1. The average Bonchev–Trinajstić information content (AvgIpc) is 2.35. The molecule has 2 atom stereocenters. The third kappa shape index (κ3) is 2.45. The summed E-state index contributed by atoms with van der Waals surface area (Å²) in [6, 6.07) is 0. The average molecular weight is 184 g/mol. The summed E-state index contributed by atoms with van der Waals surface area (Å²) in [5, 5.41) is 8.99. The fraction of sp³-hybridized carbons (Fsp3) is 0.909. The van der Waals surface area contributed by atoms with Crippen molar-refractivity contribution in [2.75, 3.05) is 0 Å². The van der Waals surface area contributed by atoms with Crippen molar-refractivity contribution in [3.63, 3.8) is 0 Å². The first-order chi connectivity index (χ1) is 5.93. The van der Waals surface area contributed by atoms with Crippen LogP contribution in [-0.2, 0) is 4.79 Å². The maximum Gasteiger partial charge on any atom is 0.309 e. The summed E-state index contributed by atoms with van der Waals surface area (Å²) in [5.74, 6) is 0.691. The Kier molecular flexibility index (Phi) is 2.99. The number of hydrogen-bond donors (Lipinski definition) is 1. The normalized spacial score (nSPS) is 29.2. The fourth-order valence-electron chi connectivity index (χ4n) is 2.27. The summed E-state index contributed by atoms with van der Waals surface area (Å²) in [4.78, 5) is 10.9. The Labute approximate surface area is 80.3 Å². The Morgan fingerprint density at radius 3 is 2.46 bits per heavy atom. The third-order valence-electron chi connectivity index (χ3n) is 3.39. The minimum Gasteiger partial charge on any atom is -0.481 e. The Hall–Kier alpha value is -0.530. The quantitative estimate of drug-likeness (QED) is 0.732. The van der Waals surface area contributed by atoms with E-state index < -0.39 is 11.4 Å². The predicted molar refractivity (Wildman–Crippen MR) is 52.5 cm³/mol. The molecule has 0 aromatic heterocycles. The topological polar surface area (TPSA) is 37.3 Å². The van der Waals surface area contributed by atoms with E-state index in [4.69, 9.17) is 5.11 Å². The molecule has 0 amide bonds. The zero-order chi connectivity index (χ0) is 10.1. The maximum absolute atomic E-state index is 10.9. The van der Waals surface area contributed by atoms with Crippen LogP contribution in [0.2, 0.25) is 0 Å². The smallest absolute Gasteiger partial charge is 0.309 e. The van der Waals surface area contributed by atoms with Crippen molar-refractivity contribution in [1.29, 1.82) is 0 Å². The standard InChI is InChI=1S/C11H20O2/c1-8-5-4-6-9(8)7-11(2,3)10(12)13/h8-9H,4-7H2,1-3H3,(H,12,13)/t8-,9+/m0/s1. The SMILES string of the molecule is C[C@H]1CCC[C@@H]1CC(C)(C)C(=O)O. The van der Waals surface area contributed by atoms with Crippen molar-refractivity contribution >= 4 is 5.97 Å². The molecule has 1 rings (SSSR count). The largest absolute Gasteiger partial charge is 0.481 e. The molecule has 1 N–H and O–H groups in total. The first-order valence-corrected chi connectivity index (χ1v) is 5.17. The molecule has 1 aliphatic carbocycles. The van der Waals surface area contributed by atoms with E-state index in [1.165, 1.54) is 19.3 Å². The zero-order valence-corrected chi connectivity index (χ0v) is 8.84. The van der Waals surface area contributed by atoms with Crippen LogP contribution in [0.1, 0.15) is 46.5 Å². The van der Waals surface area contributed by atoms with Crippen LogP contribution in [0.4, 0.5) is 0 Å². The Balaban J connectivity index is 2.52. The van der Waals surface area contributed by atoms with Gasteiger partial charge in [-0.1, -0.05) is 26.2 Å². The van der Waals surface area contributed by atoms with Crippen LogP contribution in [0.15, 0.2) is 0 Å². The van der Waals surface area contributed by atoms with Crippen LogP contribution in [0.5, 0.6) is 0 Å². The lowest BCUT2D eigenvalue weighted by atomic mass is 9.79. The monoisotopic (exact) mass is 184 g/mol. The molecule has 0 saturated heterocycles. The first kappa shape index (κ1) is 10.6. The van der Waals surface area contributed by atoms with Gasteiger partial charge in [0, 0.05) is 0 Å². The van der Waals surface area contributed by atoms with Gasteiger partial charge in [0.1, 0.15) is 0 Å². The van der Waals surface area contributed by atoms with E-state index in [-0.39, 0.29) is 0 Å². The Morgan fingerprint density at radius 1 is 1.46 bits per heavy atom. The molecule has 2 heteroatoms. The van der Waals surface area contributed by atoms with E-state index in [0.29, 0.717) is 5.92 Å². The molecule has 0 aromatic carbocycles. The van der Waals surface area contributed by atoms with Gasteiger partial charge in [-0.2, -0.15) is 0 Å². The fourth-order valence-corrected chi connectivity index (χ4v) is 2.27. The summed E-state index contributed by atoms with van der Waals surface area (Å²) >= 11 is 0. The molecule has 0 radical (unpaired) electrons. The summed E-state index contributed by atoms with van der Waals surface area (Å²) in [6.45, 7) is 5.91. The lowest BCUT2D eigenvalue weighted by Gasteiger charge is -2.25. The van der Waals surface area contributed by atoms with E-state index in [1.54, 1.807) is 0 Å². The van der Waals surface area contributed by atoms with Gasteiger partial charge in [0.15, 0.2) is 0 Å². The second kappa shape index (κ2) is 3.69. The number of carbonyl (C=O) groups is 1. The summed E-state index contributed by atoms with van der Waals surface area (Å²) in [7, 11) is 0. The van der Waals surface area contributed by atoms with Gasteiger partial charge >= 0.3 is 5.97 Å². The minimum atomic E-state index is -0.661. The van der Waals surface area contributed by atoms with Crippen LogP contribution in [0.25, 0.3) is 0 Å². The second-order valence-electron chi connectivity index (χ2n) is 5.06. The van der Waals surface area contributed by atoms with Gasteiger partial charge in [-0.15, -0.1) is 0 Å². The highest BCUT2D eigenvalue weighted by atomic mass is 16.4.